The van der Waals surface area contributed by atoms with Crippen molar-refractivity contribution in [3.8, 4) is 0 Å². The average molecular weight is 429 g/mol. The Hall–Kier alpha value is -2.48. The molecule has 0 aliphatic carbocycles. The van der Waals surface area contributed by atoms with Gasteiger partial charge in [-0.05, 0) is 53.6 Å². The Balaban J connectivity index is 1.53. The molecule has 0 aliphatic rings. The van der Waals surface area contributed by atoms with Gasteiger partial charge >= 0.3 is 0 Å². The number of benzene rings is 2. The number of carbonyl (C=O) groups excluding carboxylic acids is 1. The van der Waals surface area contributed by atoms with Crippen LogP contribution in [-0.4, -0.2) is 27.4 Å². The molecule has 0 bridgehead atoms. The van der Waals surface area contributed by atoms with Gasteiger partial charge in [-0.2, -0.15) is 0 Å². The van der Waals surface area contributed by atoms with Crippen molar-refractivity contribution in [1.82, 2.24) is 10.0 Å². The van der Waals surface area contributed by atoms with Gasteiger partial charge in [-0.1, -0.05) is 43.3 Å². The summed E-state index contributed by atoms with van der Waals surface area (Å²) >= 11 is 1.60. The molecule has 0 saturated carbocycles. The highest BCUT2D eigenvalue weighted by molar-refractivity contribution is 7.89. The molecule has 3 rings (SSSR count). The Morgan fingerprint density at radius 1 is 1.00 bits per heavy atom. The highest BCUT2D eigenvalue weighted by atomic mass is 32.2. The topological polar surface area (TPSA) is 75.3 Å². The van der Waals surface area contributed by atoms with Crippen LogP contribution in [0.25, 0.3) is 0 Å². The lowest BCUT2D eigenvalue weighted by atomic mass is 10.0. The van der Waals surface area contributed by atoms with Crippen molar-refractivity contribution in [1.29, 1.82) is 0 Å². The summed E-state index contributed by atoms with van der Waals surface area (Å²) in [6, 6.07) is 19.9. The normalized spacial score (nSPS) is 12.4. The fraction of sp³-hybridized carbons (Fsp3) is 0.227. The minimum Gasteiger partial charge on any atom is -0.351 e. The van der Waals surface area contributed by atoms with E-state index in [0.717, 1.165) is 10.4 Å². The Morgan fingerprint density at radius 3 is 2.38 bits per heavy atom. The first-order chi connectivity index (χ1) is 14.0. The lowest BCUT2D eigenvalue weighted by Crippen LogP contribution is -2.28. The van der Waals surface area contributed by atoms with Crippen LogP contribution in [0, 0.1) is 0 Å². The van der Waals surface area contributed by atoms with Crippen LogP contribution in [0.2, 0.25) is 0 Å². The number of amides is 1. The van der Waals surface area contributed by atoms with Gasteiger partial charge in [0.05, 0.1) is 4.90 Å². The van der Waals surface area contributed by atoms with Gasteiger partial charge < -0.3 is 5.32 Å². The van der Waals surface area contributed by atoms with Crippen molar-refractivity contribution in [3.05, 3.63) is 88.1 Å². The van der Waals surface area contributed by atoms with Crippen molar-refractivity contribution in [2.24, 2.45) is 0 Å². The van der Waals surface area contributed by atoms with Gasteiger partial charge in [0, 0.05) is 23.5 Å². The quantitative estimate of drug-likeness (QED) is 0.544. The SMILES string of the molecule is CC(CNC(=O)c1ccc(S(=O)(=O)NCCc2cccs2)cc1)c1ccccc1. The van der Waals surface area contributed by atoms with E-state index in [9.17, 15) is 13.2 Å². The first kappa shape index (κ1) is 21.2. The maximum Gasteiger partial charge on any atom is 0.251 e. The van der Waals surface area contributed by atoms with Gasteiger partial charge in [0.1, 0.15) is 0 Å². The maximum atomic E-state index is 12.4. The zero-order chi connectivity index (χ0) is 20.7. The fourth-order valence-electron chi connectivity index (χ4n) is 2.88. The van der Waals surface area contributed by atoms with Crippen molar-refractivity contribution in [3.63, 3.8) is 0 Å². The Morgan fingerprint density at radius 2 is 1.72 bits per heavy atom. The zero-order valence-corrected chi connectivity index (χ0v) is 17.8. The summed E-state index contributed by atoms with van der Waals surface area (Å²) in [5.74, 6) is -0.0327. The Kier molecular flexibility index (Phi) is 7.19. The van der Waals surface area contributed by atoms with E-state index in [1.807, 2.05) is 54.8 Å². The van der Waals surface area contributed by atoms with Gasteiger partial charge in [0.25, 0.3) is 5.91 Å². The van der Waals surface area contributed by atoms with E-state index in [2.05, 4.69) is 10.0 Å². The van der Waals surface area contributed by atoms with Gasteiger partial charge in [-0.3, -0.25) is 4.79 Å². The molecule has 1 aromatic heterocycles. The zero-order valence-electron chi connectivity index (χ0n) is 16.2. The van der Waals surface area contributed by atoms with Crippen LogP contribution in [0.15, 0.2) is 77.0 Å². The van der Waals surface area contributed by atoms with Gasteiger partial charge in [0.2, 0.25) is 10.0 Å². The van der Waals surface area contributed by atoms with Crippen LogP contribution in [0.1, 0.15) is 33.6 Å². The molecular weight excluding hydrogens is 404 g/mol. The third kappa shape index (κ3) is 6.00. The van der Waals surface area contributed by atoms with E-state index >= 15 is 0 Å². The number of hydrogen-bond donors (Lipinski definition) is 2. The van der Waals surface area contributed by atoms with Crippen LogP contribution in [0.4, 0.5) is 0 Å². The molecular formula is C22H24N2O3S2. The molecule has 0 radical (unpaired) electrons. The number of hydrogen-bond acceptors (Lipinski definition) is 4. The monoisotopic (exact) mass is 428 g/mol. The van der Waals surface area contributed by atoms with Crippen LogP contribution in [-0.2, 0) is 16.4 Å². The molecule has 0 spiro atoms. The summed E-state index contributed by atoms with van der Waals surface area (Å²) in [6.45, 7) is 2.89. The Bertz CT molecular complexity index is 1020. The molecule has 0 fully saturated rings. The molecule has 2 N–H and O–H groups in total. The van der Waals surface area contributed by atoms with E-state index in [1.165, 1.54) is 24.3 Å². The second-order valence-corrected chi connectivity index (χ2v) is 9.57. The molecule has 2 aromatic carbocycles. The highest BCUT2D eigenvalue weighted by Crippen LogP contribution is 2.15. The van der Waals surface area contributed by atoms with E-state index in [1.54, 1.807) is 11.3 Å². The largest absolute Gasteiger partial charge is 0.351 e. The molecule has 3 aromatic rings. The third-order valence-corrected chi connectivity index (χ3v) is 7.02. The minimum atomic E-state index is -3.59. The molecule has 29 heavy (non-hydrogen) atoms. The molecule has 0 saturated heterocycles. The summed E-state index contributed by atoms with van der Waals surface area (Å²) in [6.07, 6.45) is 0.650. The predicted octanol–water partition coefficient (Wildman–Crippen LogP) is 3.80. The molecule has 1 amide bonds. The standard InChI is InChI=1S/C22H24N2O3S2/c1-17(18-6-3-2-4-7-18)16-23-22(25)19-9-11-21(12-10-19)29(26,27)24-14-13-20-8-5-15-28-20/h2-12,15,17,24H,13-14,16H2,1H3,(H,23,25). The van der Waals surface area contributed by atoms with Crippen molar-refractivity contribution in [2.75, 3.05) is 13.1 Å². The molecule has 5 nitrogen and oxygen atoms in total. The van der Waals surface area contributed by atoms with E-state index in [4.69, 9.17) is 0 Å². The molecule has 152 valence electrons. The molecule has 1 unspecified atom stereocenters. The lowest BCUT2D eigenvalue weighted by Gasteiger charge is -2.13. The number of nitrogens with one attached hydrogen (secondary N) is 2. The number of rotatable bonds is 9. The first-order valence-electron chi connectivity index (χ1n) is 9.41. The summed E-state index contributed by atoms with van der Waals surface area (Å²) in [5, 5.41) is 4.87. The Labute approximate surface area is 175 Å². The molecule has 0 aliphatic heterocycles. The number of thiophene rings is 1. The average Bonchev–Trinajstić information content (AvgIpc) is 3.26. The summed E-state index contributed by atoms with van der Waals surface area (Å²) in [5.41, 5.74) is 1.59. The van der Waals surface area contributed by atoms with Crippen molar-refractivity contribution < 1.29 is 13.2 Å². The van der Waals surface area contributed by atoms with Crippen molar-refractivity contribution >= 4 is 27.3 Å². The number of carbonyl (C=O) groups is 1. The first-order valence-corrected chi connectivity index (χ1v) is 11.8. The minimum absolute atomic E-state index is 0.151. The summed E-state index contributed by atoms with van der Waals surface area (Å²) < 4.78 is 27.4. The molecule has 7 heteroatoms. The smallest absolute Gasteiger partial charge is 0.251 e. The number of sulfonamides is 1. The van der Waals surface area contributed by atoms with Crippen LogP contribution < -0.4 is 10.0 Å². The van der Waals surface area contributed by atoms with E-state index in [0.29, 0.717) is 25.1 Å². The van der Waals surface area contributed by atoms with Crippen LogP contribution in [0.5, 0.6) is 0 Å². The summed E-state index contributed by atoms with van der Waals surface area (Å²) in [4.78, 5) is 13.6. The molecule has 1 heterocycles. The third-order valence-electron chi connectivity index (χ3n) is 4.61. The van der Waals surface area contributed by atoms with Crippen LogP contribution >= 0.6 is 11.3 Å². The van der Waals surface area contributed by atoms with Gasteiger partial charge in [-0.25, -0.2) is 13.1 Å². The van der Waals surface area contributed by atoms with Gasteiger partial charge in [-0.15, -0.1) is 11.3 Å². The lowest BCUT2D eigenvalue weighted by molar-refractivity contribution is 0.0951. The van der Waals surface area contributed by atoms with Crippen molar-refractivity contribution in [2.45, 2.75) is 24.2 Å². The predicted molar refractivity (Wildman–Crippen MR) is 117 cm³/mol. The molecule has 1 atom stereocenters. The maximum absolute atomic E-state index is 12.4. The van der Waals surface area contributed by atoms with E-state index in [-0.39, 0.29) is 16.7 Å². The second kappa shape index (κ2) is 9.82. The van der Waals surface area contributed by atoms with Gasteiger partial charge in [0.15, 0.2) is 0 Å². The summed E-state index contributed by atoms with van der Waals surface area (Å²) in [7, 11) is -3.59. The fourth-order valence-corrected chi connectivity index (χ4v) is 4.62. The van der Waals surface area contributed by atoms with E-state index < -0.39 is 10.0 Å². The highest BCUT2D eigenvalue weighted by Gasteiger charge is 2.15. The van der Waals surface area contributed by atoms with Crippen LogP contribution in [0.3, 0.4) is 0 Å². The second-order valence-electron chi connectivity index (χ2n) is 6.77.